The zero-order valence-corrected chi connectivity index (χ0v) is 11.0. The molecule has 0 saturated carbocycles. The molecule has 4 aliphatic heterocycles. The Bertz CT molecular complexity index is 546. The number of hydrogen-bond acceptors (Lipinski definition) is 5. The molecular weight excluding hydrogens is 242 g/mol. The van der Waals surface area contributed by atoms with E-state index < -0.39 is 0 Å². The van der Waals surface area contributed by atoms with E-state index in [1.807, 2.05) is 0 Å². The third kappa shape index (κ3) is 1.91. The maximum Gasteiger partial charge on any atom is 0.254 e. The molecule has 1 aromatic heterocycles. The van der Waals surface area contributed by atoms with E-state index in [1.54, 1.807) is 0 Å². The Hall–Kier alpha value is -1.24. The summed E-state index contributed by atoms with van der Waals surface area (Å²) in [7, 11) is 0. The first-order chi connectivity index (χ1) is 9.31. The van der Waals surface area contributed by atoms with Crippen LogP contribution in [0.15, 0.2) is 4.79 Å². The van der Waals surface area contributed by atoms with Crippen LogP contribution in [0.1, 0.15) is 23.1 Å². The predicted molar refractivity (Wildman–Crippen MR) is 71.0 cm³/mol. The molecule has 1 aromatic rings. The summed E-state index contributed by atoms with van der Waals surface area (Å²) in [5, 5.41) is 3.29. The fourth-order valence-electron chi connectivity index (χ4n) is 3.42. The van der Waals surface area contributed by atoms with E-state index >= 15 is 0 Å². The van der Waals surface area contributed by atoms with Crippen LogP contribution in [0, 0.1) is 0 Å². The van der Waals surface area contributed by atoms with Crippen molar-refractivity contribution in [2.24, 2.45) is 0 Å². The number of aromatic nitrogens is 2. The first-order valence-corrected chi connectivity index (χ1v) is 7.10. The van der Waals surface area contributed by atoms with Crippen molar-refractivity contribution in [3.05, 3.63) is 27.4 Å². The Morgan fingerprint density at radius 1 is 1.21 bits per heavy atom. The zero-order chi connectivity index (χ0) is 12.8. The number of aromatic amines is 1. The van der Waals surface area contributed by atoms with E-state index in [0.717, 1.165) is 69.3 Å². The molecule has 1 unspecified atom stereocenters. The molecule has 102 valence electrons. The second kappa shape index (κ2) is 4.40. The molecule has 2 bridgehead atoms. The molecular formula is C13H19N5O. The van der Waals surface area contributed by atoms with Crippen LogP contribution < -0.4 is 10.9 Å². The van der Waals surface area contributed by atoms with Crippen LogP contribution in [0.5, 0.6) is 0 Å². The number of rotatable bonds is 1. The monoisotopic (exact) mass is 261 g/mol. The first-order valence-electron chi connectivity index (χ1n) is 7.10. The Morgan fingerprint density at radius 3 is 2.79 bits per heavy atom. The minimum absolute atomic E-state index is 0.0687. The molecule has 0 amide bonds. The lowest BCUT2D eigenvalue weighted by atomic mass is 10.1. The normalized spacial score (nSPS) is 33.2. The van der Waals surface area contributed by atoms with Crippen LogP contribution in [-0.4, -0.2) is 59.0 Å². The minimum Gasteiger partial charge on any atom is -0.311 e. The Morgan fingerprint density at radius 2 is 2.05 bits per heavy atom. The van der Waals surface area contributed by atoms with Crippen LogP contribution in [0.2, 0.25) is 0 Å². The van der Waals surface area contributed by atoms with Crippen molar-refractivity contribution in [3.8, 4) is 0 Å². The Balaban J connectivity index is 1.72. The molecule has 0 aliphatic carbocycles. The summed E-state index contributed by atoms with van der Waals surface area (Å²) in [6.45, 7) is 7.06. The van der Waals surface area contributed by atoms with Gasteiger partial charge in [-0.1, -0.05) is 0 Å². The topological polar surface area (TPSA) is 64.3 Å². The maximum absolute atomic E-state index is 12.2. The predicted octanol–water partition coefficient (Wildman–Crippen LogP) is -0.912. The van der Waals surface area contributed by atoms with Crippen LogP contribution in [-0.2, 0) is 13.0 Å². The average molecular weight is 261 g/mol. The summed E-state index contributed by atoms with van der Waals surface area (Å²) < 4.78 is 0. The highest BCUT2D eigenvalue weighted by molar-refractivity contribution is 5.22. The molecule has 1 atom stereocenters. The minimum atomic E-state index is 0.0687. The third-order valence-corrected chi connectivity index (χ3v) is 4.56. The van der Waals surface area contributed by atoms with Crippen molar-refractivity contribution >= 4 is 0 Å². The molecule has 3 saturated heterocycles. The van der Waals surface area contributed by atoms with Gasteiger partial charge in [0.05, 0.1) is 11.7 Å². The molecule has 0 radical (unpaired) electrons. The molecule has 6 nitrogen and oxygen atoms in total. The number of H-pyrrole nitrogens is 1. The van der Waals surface area contributed by atoms with E-state index in [1.165, 1.54) is 0 Å². The van der Waals surface area contributed by atoms with Gasteiger partial charge in [-0.05, 0) is 13.0 Å². The third-order valence-electron chi connectivity index (χ3n) is 4.56. The second-order valence-corrected chi connectivity index (χ2v) is 5.66. The van der Waals surface area contributed by atoms with Crippen LogP contribution in [0.4, 0.5) is 0 Å². The number of nitrogens with zero attached hydrogens (tertiary/aromatic N) is 3. The van der Waals surface area contributed by atoms with E-state index in [-0.39, 0.29) is 11.6 Å². The van der Waals surface area contributed by atoms with Crippen LogP contribution in [0.25, 0.3) is 0 Å². The first kappa shape index (κ1) is 11.6. The molecule has 6 heteroatoms. The van der Waals surface area contributed by atoms with Crippen molar-refractivity contribution < 1.29 is 0 Å². The highest BCUT2D eigenvalue weighted by Crippen LogP contribution is 2.26. The van der Waals surface area contributed by atoms with E-state index in [9.17, 15) is 4.79 Å². The number of nitrogens with one attached hydrogen (secondary N) is 2. The number of fused-ring (bicyclic) bond motifs is 4. The number of piperazine rings is 3. The highest BCUT2D eigenvalue weighted by atomic mass is 16.1. The lowest BCUT2D eigenvalue weighted by Gasteiger charge is -2.46. The lowest BCUT2D eigenvalue weighted by Crippen LogP contribution is -2.57. The summed E-state index contributed by atoms with van der Waals surface area (Å²) in [6, 6.07) is 0.266. The van der Waals surface area contributed by atoms with Crippen molar-refractivity contribution in [2.75, 3.05) is 39.3 Å². The molecule has 2 N–H and O–H groups in total. The summed E-state index contributed by atoms with van der Waals surface area (Å²) >= 11 is 0. The van der Waals surface area contributed by atoms with Crippen LogP contribution in [0.3, 0.4) is 0 Å². The Labute approximate surface area is 111 Å². The van der Waals surface area contributed by atoms with E-state index in [0.29, 0.717) is 0 Å². The standard InChI is InChI=1S/C13H19N5O/c19-13-9-1-2-14-7-10(9)15-12(16-13)11-8-17-3-5-18(11)6-4-17/h11,14H,1-8H2,(H,15,16,19). The van der Waals surface area contributed by atoms with Crippen molar-refractivity contribution in [1.82, 2.24) is 25.1 Å². The smallest absolute Gasteiger partial charge is 0.254 e. The van der Waals surface area contributed by atoms with Gasteiger partial charge < -0.3 is 10.3 Å². The van der Waals surface area contributed by atoms with Crippen molar-refractivity contribution in [2.45, 2.75) is 19.0 Å². The summed E-state index contributed by atoms with van der Waals surface area (Å²) in [4.78, 5) is 24.8. The maximum atomic E-state index is 12.2. The van der Waals surface area contributed by atoms with Gasteiger partial charge in [-0.25, -0.2) is 4.98 Å². The molecule has 0 spiro atoms. The van der Waals surface area contributed by atoms with Gasteiger partial charge in [-0.15, -0.1) is 0 Å². The van der Waals surface area contributed by atoms with Gasteiger partial charge in [0.15, 0.2) is 0 Å². The van der Waals surface area contributed by atoms with Gasteiger partial charge in [0.25, 0.3) is 5.56 Å². The fourth-order valence-corrected chi connectivity index (χ4v) is 3.42. The van der Waals surface area contributed by atoms with Gasteiger partial charge in [0, 0.05) is 44.8 Å². The quantitative estimate of drug-likeness (QED) is 0.685. The summed E-state index contributed by atoms with van der Waals surface area (Å²) in [6.07, 6.45) is 0.790. The lowest BCUT2D eigenvalue weighted by molar-refractivity contribution is 0.00841. The molecule has 5 heterocycles. The molecule has 4 aliphatic rings. The summed E-state index contributed by atoms with van der Waals surface area (Å²) in [5.41, 5.74) is 1.89. The van der Waals surface area contributed by atoms with Gasteiger partial charge >= 0.3 is 0 Å². The SMILES string of the molecule is O=c1[nH]c(C2CN3CCN2CC3)nc2c1CCNC2. The molecule has 5 rings (SSSR count). The highest BCUT2D eigenvalue weighted by Gasteiger charge is 2.34. The van der Waals surface area contributed by atoms with Crippen molar-refractivity contribution in [1.29, 1.82) is 0 Å². The van der Waals surface area contributed by atoms with Gasteiger partial charge in [0.1, 0.15) is 5.82 Å². The van der Waals surface area contributed by atoms with E-state index in [4.69, 9.17) is 4.98 Å². The molecule has 3 fully saturated rings. The van der Waals surface area contributed by atoms with Gasteiger partial charge in [-0.3, -0.25) is 14.6 Å². The zero-order valence-electron chi connectivity index (χ0n) is 11.0. The molecule has 0 aromatic carbocycles. The van der Waals surface area contributed by atoms with Crippen LogP contribution >= 0.6 is 0 Å². The van der Waals surface area contributed by atoms with Gasteiger partial charge in [0.2, 0.25) is 0 Å². The fraction of sp³-hybridized carbons (Fsp3) is 0.692. The van der Waals surface area contributed by atoms with Crippen molar-refractivity contribution in [3.63, 3.8) is 0 Å². The average Bonchev–Trinajstić information content (AvgIpc) is 2.48. The Kier molecular flexibility index (Phi) is 2.68. The van der Waals surface area contributed by atoms with E-state index in [2.05, 4.69) is 20.1 Å². The van der Waals surface area contributed by atoms with Gasteiger partial charge in [-0.2, -0.15) is 0 Å². The second-order valence-electron chi connectivity index (χ2n) is 5.66. The largest absolute Gasteiger partial charge is 0.311 e. The number of hydrogen-bond donors (Lipinski definition) is 2. The molecule has 19 heavy (non-hydrogen) atoms. The summed E-state index contributed by atoms with van der Waals surface area (Å²) in [5.74, 6) is 0.858.